The van der Waals surface area contributed by atoms with E-state index in [1.807, 2.05) is 0 Å². The van der Waals surface area contributed by atoms with E-state index in [-0.39, 0.29) is 4.90 Å². The van der Waals surface area contributed by atoms with Crippen LogP contribution in [0, 0.1) is 5.82 Å². The zero-order valence-corrected chi connectivity index (χ0v) is 7.59. The highest BCUT2D eigenvalue weighted by Gasteiger charge is 2.17. The summed E-state index contributed by atoms with van der Waals surface area (Å²) >= 11 is 0. The van der Waals surface area contributed by atoms with Crippen molar-refractivity contribution in [3.8, 4) is 0 Å². The molecule has 1 aromatic carbocycles. The normalized spacial score (nSPS) is 11.5. The zero-order valence-electron chi connectivity index (χ0n) is 6.77. The van der Waals surface area contributed by atoms with Crippen LogP contribution in [-0.4, -0.2) is 25.9 Å². The zero-order chi connectivity index (χ0) is 9.90. The van der Waals surface area contributed by atoms with Gasteiger partial charge in [0.2, 0.25) is 0 Å². The summed E-state index contributed by atoms with van der Waals surface area (Å²) in [5.74, 6) is -1.23. The maximum absolute atomic E-state index is 12.9. The summed E-state index contributed by atoms with van der Waals surface area (Å²) in [4.78, 5) is -0.357. The van der Waals surface area contributed by atoms with Crippen molar-refractivity contribution in [3.63, 3.8) is 0 Å². The van der Waals surface area contributed by atoms with Gasteiger partial charge in [-0.2, -0.15) is 0 Å². The number of aliphatic hydroxyl groups excluding tert-OH is 1. The summed E-state index contributed by atoms with van der Waals surface area (Å²) in [6.07, 6.45) is 0. The Morgan fingerprint density at radius 1 is 1.31 bits per heavy atom. The lowest BCUT2D eigenvalue weighted by Gasteiger charge is -2.02. The minimum Gasteiger partial charge on any atom is -0.395 e. The lowest BCUT2D eigenvalue weighted by atomic mass is 10.3. The molecule has 3 nitrogen and oxygen atoms in total. The minimum atomic E-state index is -3.67. The van der Waals surface area contributed by atoms with Crippen LogP contribution in [0.25, 0.3) is 0 Å². The second kappa shape index (κ2) is 3.85. The molecule has 72 valence electrons. The molecule has 0 spiro atoms. The molecular formula is C8H9FO3S. The second-order valence-corrected chi connectivity index (χ2v) is 4.55. The van der Waals surface area contributed by atoms with Gasteiger partial charge < -0.3 is 5.11 Å². The van der Waals surface area contributed by atoms with Gasteiger partial charge in [-0.15, -0.1) is 0 Å². The summed E-state index contributed by atoms with van der Waals surface area (Å²) in [7, 11) is -3.67. The minimum absolute atomic E-state index is 0.357. The van der Waals surface area contributed by atoms with Crippen LogP contribution in [0.15, 0.2) is 29.2 Å². The van der Waals surface area contributed by atoms with E-state index in [1.54, 1.807) is 0 Å². The molecule has 0 amide bonds. The number of hydrogen-bond acceptors (Lipinski definition) is 3. The van der Waals surface area contributed by atoms with E-state index >= 15 is 0 Å². The van der Waals surface area contributed by atoms with Gasteiger partial charge in [0, 0.05) is 0 Å². The van der Waals surface area contributed by atoms with E-state index in [1.165, 1.54) is 18.2 Å². The first-order valence-electron chi connectivity index (χ1n) is 3.66. The molecule has 0 unspecified atom stereocenters. The Kier molecular flexibility index (Phi) is 3.00. The van der Waals surface area contributed by atoms with Crippen molar-refractivity contribution in [3.05, 3.63) is 30.1 Å². The third-order valence-corrected chi connectivity index (χ3v) is 3.25. The number of rotatable bonds is 3. The van der Waals surface area contributed by atoms with E-state index in [9.17, 15) is 12.8 Å². The van der Waals surface area contributed by atoms with Crippen LogP contribution in [-0.2, 0) is 9.84 Å². The fraction of sp³-hybridized carbons (Fsp3) is 0.250. The predicted octanol–water partition coefficient (Wildman–Crippen LogP) is 0.592. The van der Waals surface area contributed by atoms with Crippen LogP contribution in [0.4, 0.5) is 4.39 Å². The maximum Gasteiger partial charge on any atom is 0.183 e. The number of benzene rings is 1. The Labute approximate surface area is 75.7 Å². The highest BCUT2D eigenvalue weighted by atomic mass is 32.2. The summed E-state index contributed by atoms with van der Waals surface area (Å²) in [5.41, 5.74) is 0. The molecule has 1 aromatic rings. The molecule has 13 heavy (non-hydrogen) atoms. The van der Waals surface area contributed by atoms with Gasteiger partial charge in [-0.05, 0) is 12.1 Å². The van der Waals surface area contributed by atoms with Gasteiger partial charge in [0.25, 0.3) is 0 Å². The van der Waals surface area contributed by atoms with Crippen LogP contribution >= 0.6 is 0 Å². The molecule has 0 saturated carbocycles. The van der Waals surface area contributed by atoms with Gasteiger partial charge in [0.15, 0.2) is 9.84 Å². The lowest BCUT2D eigenvalue weighted by Crippen LogP contribution is -2.11. The van der Waals surface area contributed by atoms with E-state index in [4.69, 9.17) is 5.11 Å². The Hall–Kier alpha value is -0.940. The third-order valence-electron chi connectivity index (χ3n) is 1.53. The summed E-state index contributed by atoms with van der Waals surface area (Å²) in [6.45, 7) is -0.503. The molecule has 0 aromatic heterocycles. The maximum atomic E-state index is 12.9. The van der Waals surface area contributed by atoms with E-state index in [0.29, 0.717) is 0 Å². The number of sulfone groups is 1. The molecule has 1 rings (SSSR count). The number of hydrogen-bond donors (Lipinski definition) is 1. The topological polar surface area (TPSA) is 54.4 Å². The first-order chi connectivity index (χ1) is 6.08. The Bertz CT molecular complexity index is 386. The largest absolute Gasteiger partial charge is 0.395 e. The van der Waals surface area contributed by atoms with Crippen molar-refractivity contribution in [2.75, 3.05) is 12.4 Å². The average Bonchev–Trinajstić information content (AvgIpc) is 2.04. The molecule has 0 radical (unpaired) electrons. The summed E-state index contributed by atoms with van der Waals surface area (Å²) in [6, 6.07) is 5.10. The van der Waals surface area contributed by atoms with Crippen LogP contribution in [0.1, 0.15) is 0 Å². The fourth-order valence-electron chi connectivity index (χ4n) is 0.927. The van der Waals surface area contributed by atoms with Gasteiger partial charge in [0.1, 0.15) is 10.7 Å². The van der Waals surface area contributed by atoms with E-state index < -0.39 is 28.0 Å². The summed E-state index contributed by atoms with van der Waals surface area (Å²) < 4.78 is 35.5. The highest BCUT2D eigenvalue weighted by Crippen LogP contribution is 2.14. The smallest absolute Gasteiger partial charge is 0.183 e. The van der Waals surface area contributed by atoms with Gasteiger partial charge >= 0.3 is 0 Å². The molecule has 0 fully saturated rings. The molecule has 0 aliphatic rings. The molecule has 0 aliphatic carbocycles. The van der Waals surface area contributed by atoms with Gasteiger partial charge in [0.05, 0.1) is 12.4 Å². The van der Waals surface area contributed by atoms with Gasteiger partial charge in [-0.3, -0.25) is 0 Å². The van der Waals surface area contributed by atoms with Crippen LogP contribution in [0.2, 0.25) is 0 Å². The highest BCUT2D eigenvalue weighted by molar-refractivity contribution is 7.91. The molecule has 0 bridgehead atoms. The molecule has 0 aliphatic heterocycles. The molecule has 1 N–H and O–H groups in total. The van der Waals surface area contributed by atoms with Crippen molar-refractivity contribution < 1.29 is 17.9 Å². The first-order valence-corrected chi connectivity index (χ1v) is 5.31. The van der Waals surface area contributed by atoms with Gasteiger partial charge in [-0.1, -0.05) is 12.1 Å². The third kappa shape index (κ3) is 2.26. The molecular weight excluding hydrogens is 195 g/mol. The fourth-order valence-corrected chi connectivity index (χ4v) is 2.04. The van der Waals surface area contributed by atoms with Crippen LogP contribution in [0.5, 0.6) is 0 Å². The standard InChI is InChI=1S/C8H9FO3S/c9-7-3-1-2-4-8(7)13(11,12)6-5-10/h1-4,10H,5-6H2. The van der Waals surface area contributed by atoms with Crippen molar-refractivity contribution in [2.24, 2.45) is 0 Å². The monoisotopic (exact) mass is 204 g/mol. The quantitative estimate of drug-likeness (QED) is 0.784. The Morgan fingerprint density at radius 2 is 1.92 bits per heavy atom. The Morgan fingerprint density at radius 3 is 2.46 bits per heavy atom. The first kappa shape index (κ1) is 10.1. The molecule has 0 heterocycles. The van der Waals surface area contributed by atoms with Crippen molar-refractivity contribution in [1.29, 1.82) is 0 Å². The average molecular weight is 204 g/mol. The second-order valence-electron chi connectivity index (χ2n) is 2.47. The number of aliphatic hydroxyl groups is 1. The summed E-state index contributed by atoms with van der Waals surface area (Å²) in [5, 5.41) is 8.45. The van der Waals surface area contributed by atoms with Gasteiger partial charge in [-0.25, -0.2) is 12.8 Å². The SMILES string of the molecule is O=S(=O)(CCO)c1ccccc1F. The van der Waals surface area contributed by atoms with E-state index in [2.05, 4.69) is 0 Å². The van der Waals surface area contributed by atoms with Crippen molar-refractivity contribution >= 4 is 9.84 Å². The van der Waals surface area contributed by atoms with E-state index in [0.717, 1.165) is 6.07 Å². The molecule has 5 heteroatoms. The molecule has 0 saturated heterocycles. The lowest BCUT2D eigenvalue weighted by molar-refractivity contribution is 0.319. The van der Waals surface area contributed by atoms with Crippen molar-refractivity contribution in [1.82, 2.24) is 0 Å². The predicted molar refractivity (Wildman–Crippen MR) is 45.5 cm³/mol. The molecule has 0 atom stereocenters. The van der Waals surface area contributed by atoms with Crippen LogP contribution in [0.3, 0.4) is 0 Å². The van der Waals surface area contributed by atoms with Crippen molar-refractivity contribution in [2.45, 2.75) is 4.90 Å². The van der Waals surface area contributed by atoms with Crippen LogP contribution < -0.4 is 0 Å². The number of halogens is 1. The Balaban J connectivity index is 3.15.